The standard InChI is InChI=1S/C18H23N3O2.HI/c1-13-6-4-5-7-15(13)12-21-18(19)20-11-14-8-9-16(22-2)17(10-14)23-3;/h4-10H,11-12H2,1-3H3,(H3,19,20,21);1H. The molecule has 2 aromatic carbocycles. The van der Waals surface area contributed by atoms with E-state index in [0.29, 0.717) is 30.5 Å². The Kier molecular flexibility index (Phi) is 8.39. The second kappa shape index (κ2) is 10.0. The van der Waals surface area contributed by atoms with Crippen molar-refractivity contribution in [1.82, 2.24) is 5.32 Å². The van der Waals surface area contributed by atoms with Crippen LogP contribution in [0.5, 0.6) is 11.5 Å². The predicted octanol–water partition coefficient (Wildman–Crippen LogP) is 3.23. The number of halogens is 1. The summed E-state index contributed by atoms with van der Waals surface area (Å²) in [5.74, 6) is 1.81. The highest BCUT2D eigenvalue weighted by molar-refractivity contribution is 14.0. The second-order valence-electron chi connectivity index (χ2n) is 5.17. The number of nitrogens with two attached hydrogens (primary N) is 1. The van der Waals surface area contributed by atoms with Crippen LogP contribution < -0.4 is 20.5 Å². The zero-order valence-electron chi connectivity index (χ0n) is 14.2. The third-order valence-electron chi connectivity index (χ3n) is 3.60. The molecular formula is C18H24IN3O2. The van der Waals surface area contributed by atoms with Gasteiger partial charge in [0.1, 0.15) is 0 Å². The second-order valence-corrected chi connectivity index (χ2v) is 5.17. The average molecular weight is 441 g/mol. The third kappa shape index (κ3) is 5.59. The lowest BCUT2D eigenvalue weighted by Crippen LogP contribution is -2.31. The van der Waals surface area contributed by atoms with E-state index in [1.807, 2.05) is 30.3 Å². The van der Waals surface area contributed by atoms with Crippen molar-refractivity contribution in [2.24, 2.45) is 10.7 Å². The lowest BCUT2D eigenvalue weighted by atomic mass is 10.1. The summed E-state index contributed by atoms with van der Waals surface area (Å²) < 4.78 is 10.5. The van der Waals surface area contributed by atoms with Crippen LogP contribution in [0.15, 0.2) is 47.5 Å². The van der Waals surface area contributed by atoms with Gasteiger partial charge in [0, 0.05) is 6.54 Å². The molecule has 0 aliphatic rings. The van der Waals surface area contributed by atoms with Crippen molar-refractivity contribution in [3.8, 4) is 11.5 Å². The van der Waals surface area contributed by atoms with Crippen LogP contribution in [-0.2, 0) is 13.1 Å². The Bertz CT molecular complexity index is 690. The van der Waals surface area contributed by atoms with E-state index in [2.05, 4.69) is 29.4 Å². The number of nitrogens with one attached hydrogen (secondary N) is 1. The lowest BCUT2D eigenvalue weighted by Gasteiger charge is -2.10. The van der Waals surface area contributed by atoms with Crippen molar-refractivity contribution >= 4 is 29.9 Å². The maximum atomic E-state index is 5.93. The normalized spacial score (nSPS) is 10.7. The molecule has 5 nitrogen and oxygen atoms in total. The fraction of sp³-hybridized carbons (Fsp3) is 0.278. The van der Waals surface area contributed by atoms with Crippen molar-refractivity contribution in [1.29, 1.82) is 0 Å². The first-order chi connectivity index (χ1) is 11.1. The van der Waals surface area contributed by atoms with Gasteiger partial charge >= 0.3 is 0 Å². The van der Waals surface area contributed by atoms with E-state index >= 15 is 0 Å². The van der Waals surface area contributed by atoms with Gasteiger partial charge in [0.25, 0.3) is 0 Å². The molecule has 0 heterocycles. The Balaban J connectivity index is 0.00000288. The fourth-order valence-corrected chi connectivity index (χ4v) is 2.21. The summed E-state index contributed by atoms with van der Waals surface area (Å²) in [6.45, 7) is 3.22. The van der Waals surface area contributed by atoms with Crippen LogP contribution in [0.3, 0.4) is 0 Å². The molecule has 0 aliphatic heterocycles. The molecular weight excluding hydrogens is 417 g/mol. The van der Waals surface area contributed by atoms with E-state index < -0.39 is 0 Å². The van der Waals surface area contributed by atoms with Gasteiger partial charge in [0.2, 0.25) is 0 Å². The first kappa shape index (κ1) is 20.1. The molecule has 24 heavy (non-hydrogen) atoms. The zero-order chi connectivity index (χ0) is 16.7. The van der Waals surface area contributed by atoms with Crippen molar-refractivity contribution in [3.63, 3.8) is 0 Å². The van der Waals surface area contributed by atoms with Gasteiger partial charge in [-0.3, -0.25) is 0 Å². The molecule has 0 bridgehead atoms. The number of benzene rings is 2. The van der Waals surface area contributed by atoms with E-state index in [1.54, 1.807) is 14.2 Å². The maximum absolute atomic E-state index is 5.93. The summed E-state index contributed by atoms with van der Waals surface area (Å²) in [7, 11) is 3.23. The van der Waals surface area contributed by atoms with Crippen molar-refractivity contribution in [3.05, 3.63) is 59.2 Å². The number of aliphatic imine (C=N–C) groups is 1. The van der Waals surface area contributed by atoms with Crippen molar-refractivity contribution in [2.75, 3.05) is 14.2 Å². The number of nitrogens with zero attached hydrogens (tertiary/aromatic N) is 1. The predicted molar refractivity (Wildman–Crippen MR) is 108 cm³/mol. The monoisotopic (exact) mass is 441 g/mol. The van der Waals surface area contributed by atoms with E-state index in [-0.39, 0.29) is 24.0 Å². The Labute approximate surface area is 160 Å². The van der Waals surface area contributed by atoms with Gasteiger partial charge in [-0.2, -0.15) is 0 Å². The van der Waals surface area contributed by atoms with Crippen molar-refractivity contribution < 1.29 is 9.47 Å². The van der Waals surface area contributed by atoms with Crippen LogP contribution in [0.4, 0.5) is 0 Å². The minimum absolute atomic E-state index is 0. The topological polar surface area (TPSA) is 68.9 Å². The SMILES string of the molecule is COc1ccc(CN=C(N)NCc2ccccc2C)cc1OC.I. The number of hydrogen-bond acceptors (Lipinski definition) is 3. The Morgan fingerprint density at radius 2 is 1.79 bits per heavy atom. The maximum Gasteiger partial charge on any atom is 0.189 e. The van der Waals surface area contributed by atoms with E-state index in [1.165, 1.54) is 11.1 Å². The molecule has 0 aliphatic carbocycles. The van der Waals surface area contributed by atoms with Crippen LogP contribution in [0.1, 0.15) is 16.7 Å². The highest BCUT2D eigenvalue weighted by Crippen LogP contribution is 2.27. The summed E-state index contributed by atoms with van der Waals surface area (Å²) in [5, 5.41) is 3.13. The zero-order valence-corrected chi connectivity index (χ0v) is 16.5. The highest BCUT2D eigenvalue weighted by Gasteiger charge is 2.04. The Morgan fingerprint density at radius 1 is 1.08 bits per heavy atom. The average Bonchev–Trinajstić information content (AvgIpc) is 2.58. The molecule has 3 N–H and O–H groups in total. The molecule has 130 valence electrons. The van der Waals surface area contributed by atoms with Gasteiger partial charge in [-0.25, -0.2) is 4.99 Å². The summed E-state index contributed by atoms with van der Waals surface area (Å²) in [4.78, 5) is 4.36. The fourth-order valence-electron chi connectivity index (χ4n) is 2.21. The minimum Gasteiger partial charge on any atom is -0.493 e. The van der Waals surface area contributed by atoms with E-state index in [4.69, 9.17) is 15.2 Å². The Morgan fingerprint density at radius 3 is 2.46 bits per heavy atom. The lowest BCUT2D eigenvalue weighted by molar-refractivity contribution is 0.354. The number of rotatable bonds is 6. The van der Waals surface area contributed by atoms with E-state index in [9.17, 15) is 0 Å². The third-order valence-corrected chi connectivity index (χ3v) is 3.60. The van der Waals surface area contributed by atoms with Crippen LogP contribution >= 0.6 is 24.0 Å². The summed E-state index contributed by atoms with van der Waals surface area (Å²) >= 11 is 0. The molecule has 0 atom stereocenters. The van der Waals surface area contributed by atoms with Gasteiger partial charge in [-0.1, -0.05) is 30.3 Å². The first-order valence-corrected chi connectivity index (χ1v) is 7.43. The molecule has 2 aromatic rings. The van der Waals surface area contributed by atoms with Crippen LogP contribution in [0.2, 0.25) is 0 Å². The number of ether oxygens (including phenoxy) is 2. The molecule has 0 saturated heterocycles. The summed E-state index contributed by atoms with van der Waals surface area (Å²) in [6, 6.07) is 13.9. The van der Waals surface area contributed by atoms with Gasteiger partial charge in [-0.05, 0) is 35.7 Å². The summed E-state index contributed by atoms with van der Waals surface area (Å²) in [6.07, 6.45) is 0. The van der Waals surface area contributed by atoms with Gasteiger partial charge in [0.05, 0.1) is 20.8 Å². The molecule has 0 spiro atoms. The highest BCUT2D eigenvalue weighted by atomic mass is 127. The molecule has 0 aromatic heterocycles. The number of hydrogen-bond donors (Lipinski definition) is 2. The molecule has 0 amide bonds. The molecule has 0 fully saturated rings. The smallest absolute Gasteiger partial charge is 0.189 e. The van der Waals surface area contributed by atoms with Crippen LogP contribution in [0, 0.1) is 6.92 Å². The quantitative estimate of drug-likeness (QED) is 0.411. The number of aryl methyl sites for hydroxylation is 1. The van der Waals surface area contributed by atoms with Crippen molar-refractivity contribution in [2.45, 2.75) is 20.0 Å². The number of methoxy groups -OCH3 is 2. The largest absolute Gasteiger partial charge is 0.493 e. The molecule has 0 saturated carbocycles. The minimum atomic E-state index is 0. The van der Waals surface area contributed by atoms with Crippen LogP contribution in [-0.4, -0.2) is 20.2 Å². The van der Waals surface area contributed by atoms with E-state index in [0.717, 1.165) is 5.56 Å². The molecule has 0 radical (unpaired) electrons. The van der Waals surface area contributed by atoms with Gasteiger partial charge in [0.15, 0.2) is 17.5 Å². The summed E-state index contributed by atoms with van der Waals surface area (Å²) in [5.41, 5.74) is 9.37. The molecule has 2 rings (SSSR count). The first-order valence-electron chi connectivity index (χ1n) is 7.43. The molecule has 6 heteroatoms. The van der Waals surface area contributed by atoms with Gasteiger partial charge < -0.3 is 20.5 Å². The number of guanidine groups is 1. The van der Waals surface area contributed by atoms with Crippen LogP contribution in [0.25, 0.3) is 0 Å². The van der Waals surface area contributed by atoms with Gasteiger partial charge in [-0.15, -0.1) is 24.0 Å². The molecule has 0 unspecified atom stereocenters. The Hall–Kier alpha value is -1.96.